The van der Waals surface area contributed by atoms with Gasteiger partial charge in [0, 0.05) is 17.6 Å². The number of hydrogen-bond donors (Lipinski definition) is 1. The fraction of sp³-hybridized carbons (Fsp3) is 0.250. The van der Waals surface area contributed by atoms with Gasteiger partial charge in [-0.3, -0.25) is 9.78 Å². The third-order valence-electron chi connectivity index (χ3n) is 3.99. The molecule has 0 saturated carbocycles. The van der Waals surface area contributed by atoms with Crippen molar-refractivity contribution in [3.05, 3.63) is 60.3 Å². The van der Waals surface area contributed by atoms with Gasteiger partial charge in [0.15, 0.2) is 0 Å². The molecule has 3 aromatic rings. The van der Waals surface area contributed by atoms with Crippen molar-refractivity contribution in [1.29, 1.82) is 0 Å². The van der Waals surface area contributed by atoms with Crippen LogP contribution in [0.2, 0.25) is 0 Å². The van der Waals surface area contributed by atoms with Crippen molar-refractivity contribution in [2.45, 2.75) is 32.7 Å². The van der Waals surface area contributed by atoms with Crippen LogP contribution in [-0.4, -0.2) is 21.9 Å². The van der Waals surface area contributed by atoms with E-state index in [1.165, 1.54) is 0 Å². The molecule has 0 aliphatic carbocycles. The van der Waals surface area contributed by atoms with Gasteiger partial charge in [0.05, 0.1) is 22.5 Å². The minimum atomic E-state index is -0.0632. The molecule has 0 fully saturated rings. The summed E-state index contributed by atoms with van der Waals surface area (Å²) in [6.45, 7) is 4.15. The molecule has 0 spiro atoms. The number of benzene rings is 1. The number of hydrogen-bond acceptors (Lipinski definition) is 3. The van der Waals surface area contributed by atoms with Gasteiger partial charge in [-0.15, -0.1) is 0 Å². The minimum Gasteiger partial charge on any atom is -0.350 e. The van der Waals surface area contributed by atoms with Crippen LogP contribution in [0.4, 0.5) is 0 Å². The number of carbonyl (C=O) groups is 1. The number of carbonyl (C=O) groups excluding carboxylic acids is 1. The SMILES string of the molecule is CCCC(C)NC(=O)c1cc(-c2ccccn2)nc2ccccc12. The summed E-state index contributed by atoms with van der Waals surface area (Å²) < 4.78 is 0. The first-order chi connectivity index (χ1) is 11.7. The first kappa shape index (κ1) is 16.1. The summed E-state index contributed by atoms with van der Waals surface area (Å²) in [5.41, 5.74) is 2.92. The molecule has 0 aliphatic rings. The zero-order chi connectivity index (χ0) is 16.9. The number of amides is 1. The van der Waals surface area contributed by atoms with Crippen molar-refractivity contribution in [3.8, 4) is 11.4 Å². The van der Waals surface area contributed by atoms with Crippen molar-refractivity contribution in [3.63, 3.8) is 0 Å². The van der Waals surface area contributed by atoms with E-state index in [0.29, 0.717) is 11.3 Å². The molecule has 2 heterocycles. The highest BCUT2D eigenvalue weighted by Gasteiger charge is 2.15. The van der Waals surface area contributed by atoms with Gasteiger partial charge in [0.2, 0.25) is 0 Å². The Bertz CT molecular complexity index is 846. The molecule has 1 amide bonds. The van der Waals surface area contributed by atoms with Gasteiger partial charge in [0.25, 0.3) is 5.91 Å². The van der Waals surface area contributed by atoms with E-state index in [9.17, 15) is 4.79 Å². The maximum Gasteiger partial charge on any atom is 0.252 e. The second kappa shape index (κ2) is 7.21. The molecule has 2 aromatic heterocycles. The van der Waals surface area contributed by atoms with Gasteiger partial charge in [-0.1, -0.05) is 37.6 Å². The van der Waals surface area contributed by atoms with Crippen LogP contribution in [0.25, 0.3) is 22.3 Å². The van der Waals surface area contributed by atoms with E-state index in [4.69, 9.17) is 0 Å². The quantitative estimate of drug-likeness (QED) is 0.766. The summed E-state index contributed by atoms with van der Waals surface area (Å²) in [4.78, 5) is 21.8. The zero-order valence-corrected chi connectivity index (χ0v) is 14.0. The Morgan fingerprint density at radius 2 is 1.92 bits per heavy atom. The highest BCUT2D eigenvalue weighted by atomic mass is 16.1. The van der Waals surface area contributed by atoms with E-state index < -0.39 is 0 Å². The van der Waals surface area contributed by atoms with Gasteiger partial charge in [-0.25, -0.2) is 4.98 Å². The lowest BCUT2D eigenvalue weighted by Crippen LogP contribution is -2.32. The summed E-state index contributed by atoms with van der Waals surface area (Å²) in [6, 6.07) is 15.4. The highest BCUT2D eigenvalue weighted by molar-refractivity contribution is 6.07. The second-order valence-electron chi connectivity index (χ2n) is 5.95. The molecular formula is C20H21N3O. The van der Waals surface area contributed by atoms with Gasteiger partial charge < -0.3 is 5.32 Å². The van der Waals surface area contributed by atoms with Crippen LogP contribution in [0, 0.1) is 0 Å². The average Bonchev–Trinajstić information content (AvgIpc) is 2.61. The third kappa shape index (κ3) is 3.43. The topological polar surface area (TPSA) is 54.9 Å². The van der Waals surface area contributed by atoms with Crippen molar-refractivity contribution in [2.24, 2.45) is 0 Å². The Morgan fingerprint density at radius 3 is 2.67 bits per heavy atom. The summed E-state index contributed by atoms with van der Waals surface area (Å²) in [6.07, 6.45) is 3.73. The molecule has 0 aliphatic heterocycles. The molecule has 0 radical (unpaired) electrons. The number of nitrogens with zero attached hydrogens (tertiary/aromatic N) is 2. The zero-order valence-electron chi connectivity index (χ0n) is 14.0. The van der Waals surface area contributed by atoms with Crippen molar-refractivity contribution < 1.29 is 4.79 Å². The number of aromatic nitrogens is 2. The Hall–Kier alpha value is -2.75. The molecule has 1 N–H and O–H groups in total. The standard InChI is InChI=1S/C20H21N3O/c1-3-8-14(2)22-20(24)16-13-19(18-11-6-7-12-21-18)23-17-10-5-4-9-15(16)17/h4-7,9-14H,3,8H2,1-2H3,(H,22,24). The molecule has 1 unspecified atom stereocenters. The predicted octanol–water partition coefficient (Wildman–Crippen LogP) is 4.22. The summed E-state index contributed by atoms with van der Waals surface area (Å²) in [5.74, 6) is -0.0632. The van der Waals surface area contributed by atoms with Crippen LogP contribution in [-0.2, 0) is 0 Å². The van der Waals surface area contributed by atoms with E-state index in [-0.39, 0.29) is 11.9 Å². The Labute approximate surface area is 142 Å². The van der Waals surface area contributed by atoms with Crippen molar-refractivity contribution in [2.75, 3.05) is 0 Å². The highest BCUT2D eigenvalue weighted by Crippen LogP contribution is 2.23. The molecular weight excluding hydrogens is 298 g/mol. The van der Waals surface area contributed by atoms with Crippen LogP contribution >= 0.6 is 0 Å². The lowest BCUT2D eigenvalue weighted by Gasteiger charge is -2.14. The van der Waals surface area contributed by atoms with Crippen molar-refractivity contribution in [1.82, 2.24) is 15.3 Å². The van der Waals surface area contributed by atoms with E-state index in [0.717, 1.165) is 29.4 Å². The fourth-order valence-corrected chi connectivity index (χ4v) is 2.82. The lowest BCUT2D eigenvalue weighted by molar-refractivity contribution is 0.0940. The molecule has 4 nitrogen and oxygen atoms in total. The number of para-hydroxylation sites is 1. The monoisotopic (exact) mass is 319 g/mol. The Morgan fingerprint density at radius 1 is 1.12 bits per heavy atom. The molecule has 1 atom stereocenters. The molecule has 1 aromatic carbocycles. The predicted molar refractivity (Wildman–Crippen MR) is 96.8 cm³/mol. The lowest BCUT2D eigenvalue weighted by atomic mass is 10.0. The van der Waals surface area contributed by atoms with Gasteiger partial charge >= 0.3 is 0 Å². The number of rotatable bonds is 5. The number of nitrogens with one attached hydrogen (secondary N) is 1. The van der Waals surface area contributed by atoms with Crippen molar-refractivity contribution >= 4 is 16.8 Å². The molecule has 3 rings (SSSR count). The average molecular weight is 319 g/mol. The molecule has 0 saturated heterocycles. The first-order valence-electron chi connectivity index (χ1n) is 8.31. The van der Waals surface area contributed by atoms with Crippen LogP contribution in [0.5, 0.6) is 0 Å². The number of fused-ring (bicyclic) bond motifs is 1. The fourth-order valence-electron chi connectivity index (χ4n) is 2.82. The van der Waals surface area contributed by atoms with E-state index >= 15 is 0 Å². The number of pyridine rings is 2. The van der Waals surface area contributed by atoms with E-state index in [1.54, 1.807) is 6.20 Å². The van der Waals surface area contributed by atoms with Crippen LogP contribution in [0.3, 0.4) is 0 Å². The van der Waals surface area contributed by atoms with Crippen LogP contribution in [0.1, 0.15) is 37.0 Å². The molecule has 122 valence electrons. The van der Waals surface area contributed by atoms with Gasteiger partial charge in [-0.05, 0) is 37.6 Å². The summed E-state index contributed by atoms with van der Waals surface area (Å²) >= 11 is 0. The molecule has 24 heavy (non-hydrogen) atoms. The maximum absolute atomic E-state index is 12.8. The largest absolute Gasteiger partial charge is 0.350 e. The maximum atomic E-state index is 12.8. The smallest absolute Gasteiger partial charge is 0.252 e. The first-order valence-corrected chi connectivity index (χ1v) is 8.31. The summed E-state index contributed by atoms with van der Waals surface area (Å²) in [7, 11) is 0. The van der Waals surface area contributed by atoms with E-state index in [1.807, 2.05) is 55.5 Å². The van der Waals surface area contributed by atoms with Gasteiger partial charge in [0.1, 0.15) is 0 Å². The van der Waals surface area contributed by atoms with Crippen LogP contribution in [0.15, 0.2) is 54.7 Å². The minimum absolute atomic E-state index is 0.0632. The Kier molecular flexibility index (Phi) is 4.85. The van der Waals surface area contributed by atoms with Crippen LogP contribution < -0.4 is 5.32 Å². The molecule has 4 heteroatoms. The van der Waals surface area contributed by atoms with E-state index in [2.05, 4.69) is 22.2 Å². The van der Waals surface area contributed by atoms with Gasteiger partial charge in [-0.2, -0.15) is 0 Å². The molecule has 0 bridgehead atoms. The summed E-state index contributed by atoms with van der Waals surface area (Å²) in [5, 5.41) is 3.94. The Balaban J connectivity index is 2.06. The third-order valence-corrected chi connectivity index (χ3v) is 3.99. The normalized spacial score (nSPS) is 12.1. The second-order valence-corrected chi connectivity index (χ2v) is 5.95.